The summed E-state index contributed by atoms with van der Waals surface area (Å²) in [6.45, 7) is 6.56. The summed E-state index contributed by atoms with van der Waals surface area (Å²) in [6, 6.07) is 7.43. The van der Waals surface area contributed by atoms with E-state index in [2.05, 4.69) is 0 Å². The maximum Gasteiger partial charge on any atom is 0.222 e. The molecule has 1 aromatic rings. The quantitative estimate of drug-likeness (QED) is 0.548. The third-order valence-electron chi connectivity index (χ3n) is 2.15. The predicted molar refractivity (Wildman–Crippen MR) is 62.5 cm³/mol. The van der Waals surface area contributed by atoms with Gasteiger partial charge in [-0.15, -0.1) is 0 Å². The molecule has 0 aliphatic heterocycles. The molecule has 16 heavy (non-hydrogen) atoms. The Bertz CT molecular complexity index is 341. The standard InChI is InChI=1S/C13H18O3/c1-4-15-13(16-5-2)12(14)11-8-6-7-10(3)9-11/h6-9,13H,4-5H2,1-3H3. The summed E-state index contributed by atoms with van der Waals surface area (Å²) < 4.78 is 10.5. The summed E-state index contributed by atoms with van der Waals surface area (Å²) in [5, 5.41) is 0. The minimum atomic E-state index is -0.781. The summed E-state index contributed by atoms with van der Waals surface area (Å²) in [5.74, 6) is -0.118. The molecule has 88 valence electrons. The van der Waals surface area contributed by atoms with Gasteiger partial charge < -0.3 is 9.47 Å². The number of carbonyl (C=O) groups excluding carboxylic acids is 1. The molecule has 1 aromatic carbocycles. The molecule has 0 aliphatic carbocycles. The van der Waals surface area contributed by atoms with Crippen LogP contribution < -0.4 is 0 Å². The van der Waals surface area contributed by atoms with E-state index in [4.69, 9.17) is 9.47 Å². The fraction of sp³-hybridized carbons (Fsp3) is 0.462. The number of ether oxygens (including phenoxy) is 2. The summed E-state index contributed by atoms with van der Waals surface area (Å²) in [5.41, 5.74) is 1.68. The predicted octanol–water partition coefficient (Wildman–Crippen LogP) is 2.58. The molecular weight excluding hydrogens is 204 g/mol. The minimum absolute atomic E-state index is 0.118. The lowest BCUT2D eigenvalue weighted by atomic mass is 10.1. The Balaban J connectivity index is 2.81. The number of carbonyl (C=O) groups is 1. The fourth-order valence-electron chi connectivity index (χ4n) is 1.44. The van der Waals surface area contributed by atoms with Crippen LogP contribution in [0.5, 0.6) is 0 Å². The molecule has 0 bridgehead atoms. The molecule has 3 heteroatoms. The molecule has 0 fully saturated rings. The van der Waals surface area contributed by atoms with Gasteiger partial charge in [0.2, 0.25) is 12.1 Å². The smallest absolute Gasteiger partial charge is 0.222 e. The van der Waals surface area contributed by atoms with E-state index in [0.29, 0.717) is 18.8 Å². The van der Waals surface area contributed by atoms with Crippen molar-refractivity contribution in [2.45, 2.75) is 27.1 Å². The maximum atomic E-state index is 12.0. The van der Waals surface area contributed by atoms with Crippen LogP contribution in [0.4, 0.5) is 0 Å². The summed E-state index contributed by atoms with van der Waals surface area (Å²) in [7, 11) is 0. The van der Waals surface area contributed by atoms with E-state index in [-0.39, 0.29) is 5.78 Å². The Labute approximate surface area is 96.4 Å². The van der Waals surface area contributed by atoms with Gasteiger partial charge >= 0.3 is 0 Å². The van der Waals surface area contributed by atoms with Crippen molar-refractivity contribution in [2.24, 2.45) is 0 Å². The first kappa shape index (κ1) is 12.9. The summed E-state index contributed by atoms with van der Waals surface area (Å²) in [4.78, 5) is 12.0. The Morgan fingerprint density at radius 3 is 2.38 bits per heavy atom. The van der Waals surface area contributed by atoms with Crippen LogP contribution in [0.3, 0.4) is 0 Å². The van der Waals surface area contributed by atoms with Crippen LogP contribution in [0.15, 0.2) is 24.3 Å². The van der Waals surface area contributed by atoms with E-state index in [1.807, 2.05) is 39.0 Å². The lowest BCUT2D eigenvalue weighted by Crippen LogP contribution is -2.27. The Hall–Kier alpha value is -1.19. The van der Waals surface area contributed by atoms with E-state index in [1.165, 1.54) is 0 Å². The Morgan fingerprint density at radius 2 is 1.88 bits per heavy atom. The highest BCUT2D eigenvalue weighted by Crippen LogP contribution is 2.10. The van der Waals surface area contributed by atoms with Crippen LogP contribution in [0, 0.1) is 6.92 Å². The lowest BCUT2D eigenvalue weighted by molar-refractivity contribution is -0.107. The number of ketones is 1. The maximum absolute atomic E-state index is 12.0. The normalized spacial score (nSPS) is 10.8. The van der Waals surface area contributed by atoms with Crippen molar-refractivity contribution >= 4 is 5.78 Å². The third-order valence-corrected chi connectivity index (χ3v) is 2.15. The van der Waals surface area contributed by atoms with Gasteiger partial charge in [-0.3, -0.25) is 4.79 Å². The molecule has 0 aromatic heterocycles. The molecule has 0 saturated heterocycles. The minimum Gasteiger partial charge on any atom is -0.346 e. The van der Waals surface area contributed by atoms with E-state index >= 15 is 0 Å². The SMILES string of the molecule is CCOC(OCC)C(=O)c1cccc(C)c1. The molecule has 0 N–H and O–H groups in total. The van der Waals surface area contributed by atoms with Crippen molar-refractivity contribution in [2.75, 3.05) is 13.2 Å². The van der Waals surface area contributed by atoms with Crippen LogP contribution in [0.1, 0.15) is 29.8 Å². The van der Waals surface area contributed by atoms with Gasteiger partial charge in [-0.1, -0.05) is 23.8 Å². The number of rotatable bonds is 6. The molecule has 0 saturated carbocycles. The second-order valence-corrected chi connectivity index (χ2v) is 3.48. The van der Waals surface area contributed by atoms with Gasteiger partial charge in [0.05, 0.1) is 0 Å². The molecule has 0 aliphatic rings. The molecule has 3 nitrogen and oxygen atoms in total. The third kappa shape index (κ3) is 3.43. The number of hydrogen-bond donors (Lipinski definition) is 0. The van der Waals surface area contributed by atoms with Crippen molar-refractivity contribution in [3.05, 3.63) is 35.4 Å². The topological polar surface area (TPSA) is 35.5 Å². The van der Waals surface area contributed by atoms with Crippen molar-refractivity contribution in [3.8, 4) is 0 Å². The highest BCUT2D eigenvalue weighted by molar-refractivity contribution is 5.98. The second-order valence-electron chi connectivity index (χ2n) is 3.48. The molecule has 0 spiro atoms. The highest BCUT2D eigenvalue weighted by atomic mass is 16.7. The van der Waals surface area contributed by atoms with Gasteiger partial charge in [-0.2, -0.15) is 0 Å². The average molecular weight is 222 g/mol. The molecular formula is C13H18O3. The van der Waals surface area contributed by atoms with Gasteiger partial charge in [0.1, 0.15) is 0 Å². The molecule has 0 unspecified atom stereocenters. The van der Waals surface area contributed by atoms with Gasteiger partial charge in [-0.25, -0.2) is 0 Å². The van der Waals surface area contributed by atoms with Gasteiger partial charge in [-0.05, 0) is 26.8 Å². The lowest BCUT2D eigenvalue weighted by Gasteiger charge is -2.15. The van der Waals surface area contributed by atoms with Crippen LogP contribution in [-0.4, -0.2) is 25.3 Å². The zero-order valence-electron chi connectivity index (χ0n) is 10.0. The number of benzene rings is 1. The van der Waals surface area contributed by atoms with Crippen molar-refractivity contribution < 1.29 is 14.3 Å². The van der Waals surface area contributed by atoms with E-state index in [1.54, 1.807) is 6.07 Å². The van der Waals surface area contributed by atoms with Crippen LogP contribution >= 0.6 is 0 Å². The van der Waals surface area contributed by atoms with Crippen molar-refractivity contribution in [1.82, 2.24) is 0 Å². The number of aryl methyl sites for hydroxylation is 1. The summed E-state index contributed by atoms with van der Waals surface area (Å²) >= 11 is 0. The van der Waals surface area contributed by atoms with Crippen molar-refractivity contribution in [1.29, 1.82) is 0 Å². The van der Waals surface area contributed by atoms with Gasteiger partial charge in [0.25, 0.3) is 0 Å². The monoisotopic (exact) mass is 222 g/mol. The average Bonchev–Trinajstić information content (AvgIpc) is 2.28. The molecule has 0 heterocycles. The number of hydrogen-bond acceptors (Lipinski definition) is 3. The zero-order chi connectivity index (χ0) is 12.0. The second kappa shape index (κ2) is 6.40. The Kier molecular flexibility index (Phi) is 5.15. The van der Waals surface area contributed by atoms with Crippen LogP contribution in [-0.2, 0) is 9.47 Å². The summed E-state index contributed by atoms with van der Waals surface area (Å²) in [6.07, 6.45) is -0.781. The van der Waals surface area contributed by atoms with E-state index in [9.17, 15) is 4.79 Å². The first-order valence-electron chi connectivity index (χ1n) is 5.53. The first-order valence-corrected chi connectivity index (χ1v) is 5.53. The molecule has 0 amide bonds. The molecule has 1 rings (SSSR count). The Morgan fingerprint density at radius 1 is 1.25 bits per heavy atom. The van der Waals surface area contributed by atoms with Crippen molar-refractivity contribution in [3.63, 3.8) is 0 Å². The fourth-order valence-corrected chi connectivity index (χ4v) is 1.44. The van der Waals surface area contributed by atoms with Crippen LogP contribution in [0.25, 0.3) is 0 Å². The number of Topliss-reactive ketones (excluding diaryl/α,β-unsaturated/α-hetero) is 1. The molecule has 0 atom stereocenters. The van der Waals surface area contributed by atoms with Crippen LogP contribution in [0.2, 0.25) is 0 Å². The largest absolute Gasteiger partial charge is 0.346 e. The zero-order valence-corrected chi connectivity index (χ0v) is 10.0. The van der Waals surface area contributed by atoms with E-state index < -0.39 is 6.29 Å². The van der Waals surface area contributed by atoms with Gasteiger partial charge in [0, 0.05) is 18.8 Å². The molecule has 0 radical (unpaired) electrons. The van der Waals surface area contributed by atoms with E-state index in [0.717, 1.165) is 5.56 Å². The van der Waals surface area contributed by atoms with Gasteiger partial charge in [0.15, 0.2) is 0 Å². The highest BCUT2D eigenvalue weighted by Gasteiger charge is 2.20. The first-order chi connectivity index (χ1) is 7.69.